The highest BCUT2D eigenvalue weighted by Gasteiger charge is 2.06. The van der Waals surface area contributed by atoms with Gasteiger partial charge in [-0.15, -0.1) is 0 Å². The summed E-state index contributed by atoms with van der Waals surface area (Å²) in [5.41, 5.74) is 1.57. The number of nitriles is 1. The van der Waals surface area contributed by atoms with E-state index in [1.165, 1.54) is 6.07 Å². The van der Waals surface area contributed by atoms with Crippen LogP contribution in [0, 0.1) is 17.1 Å². The highest BCUT2D eigenvalue weighted by Crippen LogP contribution is 2.28. The monoisotopic (exact) mass is 290 g/mol. The van der Waals surface area contributed by atoms with Gasteiger partial charge in [-0.1, -0.05) is 12.1 Å². The molecule has 0 aliphatic heterocycles. The predicted molar refractivity (Wildman–Crippen MR) is 68.5 cm³/mol. The average Bonchev–Trinajstić information content (AvgIpc) is 2.34. The lowest BCUT2D eigenvalue weighted by molar-refractivity contribution is 0.631. The second kappa shape index (κ2) is 4.98. The highest BCUT2D eigenvalue weighted by molar-refractivity contribution is 9.10. The fourth-order valence-corrected chi connectivity index (χ4v) is 1.87. The molecule has 4 heteroatoms. The topological polar surface area (TPSA) is 35.8 Å². The van der Waals surface area contributed by atoms with Crippen molar-refractivity contribution in [2.24, 2.45) is 0 Å². The summed E-state index contributed by atoms with van der Waals surface area (Å²) in [7, 11) is 0. The van der Waals surface area contributed by atoms with Crippen molar-refractivity contribution in [3.8, 4) is 6.07 Å². The first kappa shape index (κ1) is 11.6. The van der Waals surface area contributed by atoms with Gasteiger partial charge in [0.25, 0.3) is 0 Å². The number of halogens is 2. The summed E-state index contributed by atoms with van der Waals surface area (Å²) < 4.78 is 14.2. The third kappa shape index (κ3) is 2.63. The second-order valence-electron chi connectivity index (χ2n) is 3.41. The van der Waals surface area contributed by atoms with Crippen molar-refractivity contribution in [1.29, 1.82) is 5.26 Å². The minimum absolute atomic E-state index is 0.346. The van der Waals surface area contributed by atoms with Crippen LogP contribution in [0.3, 0.4) is 0 Å². The van der Waals surface area contributed by atoms with Crippen LogP contribution < -0.4 is 5.32 Å². The van der Waals surface area contributed by atoms with Crippen molar-refractivity contribution < 1.29 is 4.39 Å². The van der Waals surface area contributed by atoms with E-state index in [0.717, 1.165) is 0 Å². The maximum atomic E-state index is 13.6. The Morgan fingerprint density at radius 1 is 1.18 bits per heavy atom. The van der Waals surface area contributed by atoms with Crippen LogP contribution in [0.2, 0.25) is 0 Å². The predicted octanol–water partition coefficient (Wildman–Crippen LogP) is 4.20. The lowest BCUT2D eigenvalue weighted by atomic mass is 10.2. The van der Waals surface area contributed by atoms with Crippen molar-refractivity contribution in [3.63, 3.8) is 0 Å². The Balaban J connectivity index is 2.35. The Labute approximate surface area is 107 Å². The van der Waals surface area contributed by atoms with Gasteiger partial charge in [-0.05, 0) is 46.3 Å². The molecule has 2 aromatic carbocycles. The lowest BCUT2D eigenvalue weighted by Crippen LogP contribution is -1.95. The molecule has 0 saturated heterocycles. The molecule has 0 saturated carbocycles. The molecule has 2 rings (SSSR count). The first-order valence-corrected chi connectivity index (χ1v) is 5.71. The van der Waals surface area contributed by atoms with E-state index in [4.69, 9.17) is 5.26 Å². The number of anilines is 2. The van der Waals surface area contributed by atoms with Gasteiger partial charge in [0, 0.05) is 10.2 Å². The summed E-state index contributed by atoms with van der Waals surface area (Å²) in [5.74, 6) is -0.346. The van der Waals surface area contributed by atoms with E-state index in [1.54, 1.807) is 36.4 Å². The van der Waals surface area contributed by atoms with Gasteiger partial charge in [0.15, 0.2) is 0 Å². The van der Waals surface area contributed by atoms with Gasteiger partial charge >= 0.3 is 0 Å². The molecule has 0 radical (unpaired) electrons. The molecular weight excluding hydrogens is 283 g/mol. The van der Waals surface area contributed by atoms with Gasteiger partial charge in [0.2, 0.25) is 0 Å². The van der Waals surface area contributed by atoms with Crippen molar-refractivity contribution in [2.45, 2.75) is 0 Å². The lowest BCUT2D eigenvalue weighted by Gasteiger charge is -2.09. The number of hydrogen-bond donors (Lipinski definition) is 1. The normalized spacial score (nSPS) is 9.71. The van der Waals surface area contributed by atoms with Crippen LogP contribution in [0.15, 0.2) is 46.9 Å². The Morgan fingerprint density at radius 3 is 2.65 bits per heavy atom. The van der Waals surface area contributed by atoms with Crippen molar-refractivity contribution in [2.75, 3.05) is 5.32 Å². The fraction of sp³-hybridized carbons (Fsp3) is 0. The van der Waals surface area contributed by atoms with E-state index in [9.17, 15) is 4.39 Å². The summed E-state index contributed by atoms with van der Waals surface area (Å²) in [4.78, 5) is 0. The smallest absolute Gasteiger partial charge is 0.147 e. The Hall–Kier alpha value is -1.86. The molecule has 0 bridgehead atoms. The van der Waals surface area contributed by atoms with Crippen LogP contribution in [0.4, 0.5) is 15.8 Å². The van der Waals surface area contributed by atoms with E-state index in [1.807, 2.05) is 6.07 Å². The highest BCUT2D eigenvalue weighted by atomic mass is 79.9. The zero-order chi connectivity index (χ0) is 12.3. The molecule has 1 N–H and O–H groups in total. The van der Waals surface area contributed by atoms with E-state index >= 15 is 0 Å². The standard InChI is InChI=1S/C13H8BrFN2/c14-11-5-2-6-12(15)13(11)17-10-4-1-3-9(7-10)8-16/h1-7,17H. The molecule has 0 aromatic heterocycles. The second-order valence-corrected chi connectivity index (χ2v) is 4.27. The average molecular weight is 291 g/mol. The number of rotatable bonds is 2. The third-order valence-corrected chi connectivity index (χ3v) is 2.88. The molecule has 2 aromatic rings. The van der Waals surface area contributed by atoms with Crippen molar-refractivity contribution in [3.05, 3.63) is 58.3 Å². The molecule has 84 valence electrons. The van der Waals surface area contributed by atoms with E-state index in [-0.39, 0.29) is 5.82 Å². The van der Waals surface area contributed by atoms with Crippen LogP contribution >= 0.6 is 15.9 Å². The Morgan fingerprint density at radius 2 is 1.94 bits per heavy atom. The number of nitrogens with zero attached hydrogens (tertiary/aromatic N) is 1. The molecular formula is C13H8BrFN2. The molecule has 0 aliphatic rings. The number of hydrogen-bond acceptors (Lipinski definition) is 2. The van der Waals surface area contributed by atoms with Gasteiger partial charge < -0.3 is 5.32 Å². The fourth-order valence-electron chi connectivity index (χ4n) is 1.43. The number of para-hydroxylation sites is 1. The van der Waals surface area contributed by atoms with E-state index in [0.29, 0.717) is 21.4 Å². The largest absolute Gasteiger partial charge is 0.352 e. The minimum Gasteiger partial charge on any atom is -0.352 e. The summed E-state index contributed by atoms with van der Waals surface area (Å²) in [6.07, 6.45) is 0. The van der Waals surface area contributed by atoms with Crippen LogP contribution in [0.5, 0.6) is 0 Å². The zero-order valence-electron chi connectivity index (χ0n) is 8.74. The number of nitrogens with one attached hydrogen (secondary N) is 1. The quantitative estimate of drug-likeness (QED) is 0.900. The van der Waals surface area contributed by atoms with Gasteiger partial charge in [0.1, 0.15) is 5.82 Å². The first-order chi connectivity index (χ1) is 8.20. The van der Waals surface area contributed by atoms with Crippen LogP contribution in [0.25, 0.3) is 0 Å². The maximum Gasteiger partial charge on any atom is 0.147 e. The maximum absolute atomic E-state index is 13.6. The van der Waals surface area contributed by atoms with Crippen molar-refractivity contribution in [1.82, 2.24) is 0 Å². The van der Waals surface area contributed by atoms with Crippen LogP contribution in [0.1, 0.15) is 5.56 Å². The van der Waals surface area contributed by atoms with E-state index < -0.39 is 0 Å². The minimum atomic E-state index is -0.346. The molecule has 0 amide bonds. The van der Waals surface area contributed by atoms with Crippen LogP contribution in [-0.2, 0) is 0 Å². The molecule has 0 spiro atoms. The van der Waals surface area contributed by atoms with Crippen molar-refractivity contribution >= 4 is 27.3 Å². The molecule has 0 unspecified atom stereocenters. The molecule has 0 fully saturated rings. The van der Waals surface area contributed by atoms with E-state index in [2.05, 4.69) is 21.2 Å². The number of benzene rings is 2. The third-order valence-electron chi connectivity index (χ3n) is 2.22. The summed E-state index contributed by atoms with van der Waals surface area (Å²) in [5, 5.41) is 11.7. The van der Waals surface area contributed by atoms with Gasteiger partial charge in [-0.2, -0.15) is 5.26 Å². The Kier molecular flexibility index (Phi) is 3.40. The first-order valence-electron chi connectivity index (χ1n) is 4.92. The van der Waals surface area contributed by atoms with Gasteiger partial charge in [0.05, 0.1) is 17.3 Å². The Bertz CT molecular complexity index is 570. The molecule has 2 nitrogen and oxygen atoms in total. The molecule has 0 atom stereocenters. The van der Waals surface area contributed by atoms with Crippen LogP contribution in [-0.4, -0.2) is 0 Å². The SMILES string of the molecule is N#Cc1cccc(Nc2c(F)cccc2Br)c1. The molecule has 0 aliphatic carbocycles. The summed E-state index contributed by atoms with van der Waals surface area (Å²) in [6, 6.07) is 13.7. The zero-order valence-corrected chi connectivity index (χ0v) is 10.3. The molecule has 17 heavy (non-hydrogen) atoms. The van der Waals surface area contributed by atoms with Gasteiger partial charge in [-0.3, -0.25) is 0 Å². The molecule has 0 heterocycles. The summed E-state index contributed by atoms with van der Waals surface area (Å²) >= 11 is 3.27. The van der Waals surface area contributed by atoms with Gasteiger partial charge in [-0.25, -0.2) is 4.39 Å². The summed E-state index contributed by atoms with van der Waals surface area (Å²) in [6.45, 7) is 0.